The van der Waals surface area contributed by atoms with Crippen molar-refractivity contribution < 1.29 is 4.79 Å². The van der Waals surface area contributed by atoms with Gasteiger partial charge in [0.15, 0.2) is 5.82 Å². The van der Waals surface area contributed by atoms with Gasteiger partial charge in [-0.2, -0.15) is 5.10 Å². The summed E-state index contributed by atoms with van der Waals surface area (Å²) in [6.07, 6.45) is 4.49. The summed E-state index contributed by atoms with van der Waals surface area (Å²) in [7, 11) is 0. The fourth-order valence-electron chi connectivity index (χ4n) is 2.79. The van der Waals surface area contributed by atoms with Gasteiger partial charge in [-0.25, -0.2) is 19.6 Å². The quantitative estimate of drug-likeness (QED) is 0.701. The number of hydrogen-bond acceptors (Lipinski definition) is 6. The Hall–Kier alpha value is -2.71. The van der Waals surface area contributed by atoms with Crippen LogP contribution in [0.25, 0.3) is 5.82 Å². The van der Waals surface area contributed by atoms with Gasteiger partial charge in [-0.1, -0.05) is 29.3 Å². The van der Waals surface area contributed by atoms with Crippen molar-refractivity contribution >= 4 is 34.9 Å². The van der Waals surface area contributed by atoms with Crippen LogP contribution < -0.4 is 10.2 Å². The van der Waals surface area contributed by atoms with E-state index in [4.69, 9.17) is 23.2 Å². The molecule has 0 bridgehead atoms. The first-order valence-corrected chi connectivity index (χ1v) is 8.99. The summed E-state index contributed by atoms with van der Waals surface area (Å²) in [6, 6.07) is 7.04. The minimum atomic E-state index is -0.0964. The van der Waals surface area contributed by atoms with Crippen molar-refractivity contribution in [1.82, 2.24) is 30.0 Å². The fraction of sp³-hybridized carbons (Fsp3) is 0.235. The zero-order valence-corrected chi connectivity index (χ0v) is 15.6. The molecule has 10 heteroatoms. The van der Waals surface area contributed by atoms with Gasteiger partial charge in [-0.15, -0.1) is 0 Å². The lowest BCUT2D eigenvalue weighted by atomic mass is 9.99. The molecule has 1 amide bonds. The second kappa shape index (κ2) is 7.50. The van der Waals surface area contributed by atoms with Gasteiger partial charge in [-0.05, 0) is 17.7 Å². The summed E-state index contributed by atoms with van der Waals surface area (Å²) in [5.74, 6) is 1.27. The van der Waals surface area contributed by atoms with Gasteiger partial charge >= 0.3 is 0 Å². The molecule has 1 aliphatic heterocycles. The van der Waals surface area contributed by atoms with E-state index >= 15 is 0 Å². The smallest absolute Gasteiger partial charge is 0.226 e. The molecule has 27 heavy (non-hydrogen) atoms. The van der Waals surface area contributed by atoms with Crippen LogP contribution in [0.5, 0.6) is 0 Å². The zero-order valence-electron chi connectivity index (χ0n) is 14.1. The van der Waals surface area contributed by atoms with Crippen LogP contribution in [0.4, 0.5) is 5.82 Å². The lowest BCUT2D eigenvalue weighted by Gasteiger charge is -2.39. The number of nitrogens with zero attached hydrogens (tertiary/aromatic N) is 6. The number of carbonyl (C=O) groups excluding carboxylic acids is 1. The van der Waals surface area contributed by atoms with Gasteiger partial charge < -0.3 is 10.2 Å². The maximum absolute atomic E-state index is 12.3. The molecular formula is C17H15Cl2N7O. The molecule has 8 nitrogen and oxygen atoms in total. The van der Waals surface area contributed by atoms with Crippen LogP contribution in [0.1, 0.15) is 5.56 Å². The third-order valence-electron chi connectivity index (χ3n) is 4.34. The Kier molecular flexibility index (Phi) is 4.91. The molecule has 1 aliphatic rings. The van der Waals surface area contributed by atoms with Gasteiger partial charge in [-0.3, -0.25) is 4.79 Å². The topological polar surface area (TPSA) is 88.8 Å². The number of hydrogen-bond donors (Lipinski definition) is 1. The highest BCUT2D eigenvalue weighted by Gasteiger charge is 2.33. The van der Waals surface area contributed by atoms with Crippen molar-refractivity contribution in [2.45, 2.75) is 6.54 Å². The Morgan fingerprint density at radius 1 is 1.15 bits per heavy atom. The molecule has 4 rings (SSSR count). The predicted molar refractivity (Wildman–Crippen MR) is 101 cm³/mol. The monoisotopic (exact) mass is 403 g/mol. The van der Waals surface area contributed by atoms with Crippen molar-refractivity contribution in [3.63, 3.8) is 0 Å². The van der Waals surface area contributed by atoms with Crippen molar-refractivity contribution in [2.75, 3.05) is 18.0 Å². The van der Waals surface area contributed by atoms with Gasteiger partial charge in [0.05, 0.1) is 5.92 Å². The third-order valence-corrected chi connectivity index (χ3v) is 4.92. The van der Waals surface area contributed by atoms with Crippen molar-refractivity contribution in [3.05, 3.63) is 58.9 Å². The maximum Gasteiger partial charge on any atom is 0.226 e. The van der Waals surface area contributed by atoms with Gasteiger partial charge in [0, 0.05) is 35.7 Å². The number of aromatic nitrogens is 5. The maximum atomic E-state index is 12.3. The molecule has 3 aromatic rings. The molecule has 1 fully saturated rings. The number of halogens is 2. The lowest BCUT2D eigenvalue weighted by molar-refractivity contribution is -0.125. The van der Waals surface area contributed by atoms with Crippen molar-refractivity contribution in [3.8, 4) is 5.82 Å². The standard InChI is InChI=1S/C17H15Cl2N7O/c18-13-2-1-11(14(19)3-13)5-21-17(27)12-6-25(7-12)15-4-16(23-9-22-15)26-10-20-8-24-26/h1-4,8-10,12H,5-7H2,(H,21,27). The Morgan fingerprint density at radius 3 is 2.70 bits per heavy atom. The summed E-state index contributed by atoms with van der Waals surface area (Å²) in [5, 5.41) is 8.08. The van der Waals surface area contributed by atoms with E-state index in [1.54, 1.807) is 23.1 Å². The lowest BCUT2D eigenvalue weighted by Crippen LogP contribution is -2.54. The molecule has 0 saturated carbocycles. The molecule has 138 valence electrons. The van der Waals surface area contributed by atoms with Gasteiger partial charge in [0.25, 0.3) is 0 Å². The van der Waals surface area contributed by atoms with Crippen LogP contribution in [0, 0.1) is 5.92 Å². The van der Waals surface area contributed by atoms with E-state index in [-0.39, 0.29) is 11.8 Å². The first kappa shape index (κ1) is 17.7. The SMILES string of the molecule is O=C(NCc1ccc(Cl)cc1Cl)C1CN(c2cc(-n3cncn3)ncn2)C1. The molecule has 2 aromatic heterocycles. The van der Waals surface area contributed by atoms with Crippen molar-refractivity contribution in [2.24, 2.45) is 5.92 Å². The molecule has 0 aliphatic carbocycles. The van der Waals surface area contributed by atoms with E-state index in [0.717, 1.165) is 11.4 Å². The molecule has 3 heterocycles. The van der Waals surface area contributed by atoms with Crippen LogP contribution in [-0.2, 0) is 11.3 Å². The largest absolute Gasteiger partial charge is 0.355 e. The van der Waals surface area contributed by atoms with E-state index < -0.39 is 0 Å². The predicted octanol–water partition coefficient (Wildman–Crippen LogP) is 2.12. The average molecular weight is 404 g/mol. The first-order chi connectivity index (χ1) is 13.1. The van der Waals surface area contributed by atoms with E-state index in [1.165, 1.54) is 12.7 Å². The summed E-state index contributed by atoms with van der Waals surface area (Å²) in [4.78, 5) is 26.7. The van der Waals surface area contributed by atoms with E-state index in [0.29, 0.717) is 35.5 Å². The number of anilines is 1. The molecule has 0 unspecified atom stereocenters. The number of benzene rings is 1. The summed E-state index contributed by atoms with van der Waals surface area (Å²) >= 11 is 12.0. The normalized spacial score (nSPS) is 14.1. The fourth-order valence-corrected chi connectivity index (χ4v) is 3.26. The summed E-state index contributed by atoms with van der Waals surface area (Å²) in [5.41, 5.74) is 0.832. The molecule has 1 aromatic carbocycles. The van der Waals surface area contributed by atoms with E-state index in [9.17, 15) is 4.79 Å². The van der Waals surface area contributed by atoms with Gasteiger partial charge in [0.2, 0.25) is 5.91 Å². The highest BCUT2D eigenvalue weighted by molar-refractivity contribution is 6.35. The Balaban J connectivity index is 1.33. The second-order valence-electron chi connectivity index (χ2n) is 6.13. The van der Waals surface area contributed by atoms with Crippen LogP contribution >= 0.6 is 23.2 Å². The van der Waals surface area contributed by atoms with Gasteiger partial charge in [0.1, 0.15) is 24.8 Å². The number of nitrogens with one attached hydrogen (secondary N) is 1. The summed E-state index contributed by atoms with van der Waals surface area (Å²) in [6.45, 7) is 1.55. The molecule has 0 atom stereocenters. The first-order valence-electron chi connectivity index (χ1n) is 8.24. The van der Waals surface area contributed by atoms with E-state index in [1.807, 2.05) is 17.0 Å². The summed E-state index contributed by atoms with van der Waals surface area (Å²) < 4.78 is 1.56. The number of amides is 1. The third kappa shape index (κ3) is 3.86. The number of rotatable bonds is 5. The van der Waals surface area contributed by atoms with Crippen LogP contribution in [0.15, 0.2) is 43.2 Å². The van der Waals surface area contributed by atoms with Crippen LogP contribution in [0.2, 0.25) is 10.0 Å². The van der Waals surface area contributed by atoms with Crippen LogP contribution in [0.3, 0.4) is 0 Å². The Bertz CT molecular complexity index is 958. The van der Waals surface area contributed by atoms with E-state index in [2.05, 4.69) is 25.4 Å². The highest BCUT2D eigenvalue weighted by atomic mass is 35.5. The minimum absolute atomic E-state index is 0.0113. The average Bonchev–Trinajstić information content (AvgIpc) is 3.15. The zero-order chi connectivity index (χ0) is 18.8. The Labute approximate surface area is 165 Å². The molecule has 1 saturated heterocycles. The molecule has 1 N–H and O–H groups in total. The highest BCUT2D eigenvalue weighted by Crippen LogP contribution is 2.24. The minimum Gasteiger partial charge on any atom is -0.355 e. The van der Waals surface area contributed by atoms with Crippen molar-refractivity contribution in [1.29, 1.82) is 0 Å². The number of carbonyl (C=O) groups is 1. The molecule has 0 spiro atoms. The molecule has 0 radical (unpaired) electrons. The molecular weight excluding hydrogens is 389 g/mol. The second-order valence-corrected chi connectivity index (χ2v) is 6.97. The van der Waals surface area contributed by atoms with Crippen LogP contribution in [-0.4, -0.2) is 43.7 Å². The Morgan fingerprint density at radius 2 is 1.96 bits per heavy atom.